The molecule has 1 aromatic carbocycles. The van der Waals surface area contributed by atoms with Gasteiger partial charge in [-0.25, -0.2) is 0 Å². The number of H-pyrrole nitrogens is 1. The molecule has 3 aliphatic rings. The van der Waals surface area contributed by atoms with Crippen LogP contribution in [0.4, 0.5) is 30.6 Å². The van der Waals surface area contributed by atoms with Crippen LogP contribution in [0.25, 0.3) is 11.0 Å². The second kappa shape index (κ2) is 11.3. The van der Waals surface area contributed by atoms with E-state index in [1.807, 2.05) is 18.7 Å². The van der Waals surface area contributed by atoms with Gasteiger partial charge in [0.15, 0.2) is 0 Å². The Morgan fingerprint density at radius 1 is 1.14 bits per heavy atom. The van der Waals surface area contributed by atoms with Gasteiger partial charge in [0, 0.05) is 62.0 Å². The third-order valence-electron chi connectivity index (χ3n) is 8.14. The van der Waals surface area contributed by atoms with Crippen LogP contribution in [0.15, 0.2) is 18.3 Å². The van der Waals surface area contributed by atoms with Gasteiger partial charge < -0.3 is 30.0 Å². The Morgan fingerprint density at radius 3 is 2.64 bits per heavy atom. The number of likely N-dealkylation sites (tertiary alicyclic amines) is 1. The summed E-state index contributed by atoms with van der Waals surface area (Å²) in [5.74, 6) is 0.717. The first kappa shape index (κ1) is 28.5. The fourth-order valence-corrected chi connectivity index (χ4v) is 6.19. The third kappa shape index (κ3) is 5.59. The Bertz CT molecular complexity index is 1470. The molecule has 42 heavy (non-hydrogen) atoms. The van der Waals surface area contributed by atoms with Crippen LogP contribution < -0.4 is 15.4 Å². The molecule has 2 saturated heterocycles. The van der Waals surface area contributed by atoms with Crippen molar-refractivity contribution in [1.29, 1.82) is 0 Å². The average Bonchev–Trinajstić information content (AvgIpc) is 3.61. The van der Waals surface area contributed by atoms with E-state index in [1.165, 1.54) is 0 Å². The number of morpholine rings is 1. The van der Waals surface area contributed by atoms with Crippen molar-refractivity contribution in [3.8, 4) is 5.75 Å². The molecule has 13 heteroatoms. The van der Waals surface area contributed by atoms with Crippen LogP contribution in [0.3, 0.4) is 0 Å². The summed E-state index contributed by atoms with van der Waals surface area (Å²) < 4.78 is 52.6. The third-order valence-corrected chi connectivity index (χ3v) is 8.14. The highest BCUT2D eigenvalue weighted by Crippen LogP contribution is 2.40. The highest BCUT2D eigenvalue weighted by molar-refractivity contribution is 5.98. The maximum absolute atomic E-state index is 13.6. The molecule has 1 unspecified atom stereocenters. The number of hydrogen-bond donors (Lipinski definition) is 3. The lowest BCUT2D eigenvalue weighted by Gasteiger charge is -2.41. The van der Waals surface area contributed by atoms with Gasteiger partial charge in [-0.3, -0.25) is 9.69 Å². The topological polar surface area (TPSA) is 108 Å². The van der Waals surface area contributed by atoms with E-state index in [0.717, 1.165) is 44.3 Å². The smallest absolute Gasteiger partial charge is 0.418 e. The SMILES string of the molecule is CC(C)Nc1nc(Nc2ccc(C(=O)N3CCC(N4CCOC(C)C4)CC3)c3c2OCC3)nc2[nH]cc(C(F)(F)F)c12. The minimum atomic E-state index is -4.56. The normalized spacial score (nSPS) is 20.2. The van der Waals surface area contributed by atoms with Crippen LogP contribution in [-0.2, 0) is 17.3 Å². The van der Waals surface area contributed by atoms with Crippen LogP contribution >= 0.6 is 0 Å². The van der Waals surface area contributed by atoms with E-state index < -0.39 is 11.7 Å². The van der Waals surface area contributed by atoms with Crippen LogP contribution in [-0.4, -0.2) is 88.2 Å². The lowest BCUT2D eigenvalue weighted by atomic mass is 9.98. The number of nitrogens with one attached hydrogen (secondary N) is 3. The number of anilines is 3. The van der Waals surface area contributed by atoms with Crippen molar-refractivity contribution in [3.05, 3.63) is 35.0 Å². The molecule has 1 amide bonds. The number of amides is 1. The number of nitrogens with zero attached hydrogens (tertiary/aromatic N) is 4. The second-order valence-electron chi connectivity index (χ2n) is 11.5. The summed E-state index contributed by atoms with van der Waals surface area (Å²) in [4.78, 5) is 29.4. The lowest BCUT2D eigenvalue weighted by Crippen LogP contribution is -2.51. The molecule has 3 aromatic rings. The number of halogens is 3. The number of carbonyl (C=O) groups is 1. The monoisotopic (exact) mass is 587 g/mol. The molecule has 3 aliphatic heterocycles. The van der Waals surface area contributed by atoms with Crippen molar-refractivity contribution in [3.63, 3.8) is 0 Å². The Kier molecular flexibility index (Phi) is 7.64. The highest BCUT2D eigenvalue weighted by Gasteiger charge is 2.36. The molecule has 2 aromatic heterocycles. The quantitative estimate of drug-likeness (QED) is 0.378. The Morgan fingerprint density at radius 2 is 1.93 bits per heavy atom. The van der Waals surface area contributed by atoms with Crippen molar-refractivity contribution < 1.29 is 27.4 Å². The highest BCUT2D eigenvalue weighted by atomic mass is 19.4. The molecule has 1 atom stereocenters. The predicted octanol–water partition coefficient (Wildman–Crippen LogP) is 4.80. The molecule has 0 spiro atoms. The summed E-state index contributed by atoms with van der Waals surface area (Å²) in [5.41, 5.74) is 1.21. The molecule has 226 valence electrons. The number of alkyl halides is 3. The van der Waals surface area contributed by atoms with E-state index in [4.69, 9.17) is 9.47 Å². The molecule has 0 aliphatic carbocycles. The van der Waals surface area contributed by atoms with Crippen LogP contribution in [0.2, 0.25) is 0 Å². The number of piperidine rings is 1. The van der Waals surface area contributed by atoms with E-state index in [9.17, 15) is 18.0 Å². The first-order valence-corrected chi connectivity index (χ1v) is 14.5. The molecule has 10 nitrogen and oxygen atoms in total. The number of rotatable bonds is 6. The fourth-order valence-electron chi connectivity index (χ4n) is 6.19. The molecular weight excluding hydrogens is 551 g/mol. The summed E-state index contributed by atoms with van der Waals surface area (Å²) >= 11 is 0. The molecule has 0 radical (unpaired) electrons. The van der Waals surface area contributed by atoms with Gasteiger partial charge in [0.25, 0.3) is 5.91 Å². The number of aromatic nitrogens is 3. The molecule has 3 N–H and O–H groups in total. The molecule has 6 rings (SSSR count). The summed E-state index contributed by atoms with van der Waals surface area (Å²) in [5, 5.41) is 6.02. The summed E-state index contributed by atoms with van der Waals surface area (Å²) in [7, 11) is 0. The van der Waals surface area contributed by atoms with Crippen molar-refractivity contribution in [2.75, 3.05) is 50.0 Å². The Labute approximate surface area is 242 Å². The summed E-state index contributed by atoms with van der Waals surface area (Å²) in [6, 6.07) is 3.83. The zero-order chi connectivity index (χ0) is 29.6. The zero-order valence-electron chi connectivity index (χ0n) is 24.0. The molecular formula is C29H36F3N7O3. The minimum Gasteiger partial charge on any atom is -0.491 e. The van der Waals surface area contributed by atoms with E-state index in [-0.39, 0.29) is 40.9 Å². The van der Waals surface area contributed by atoms with Gasteiger partial charge in [-0.05, 0) is 45.7 Å². The van der Waals surface area contributed by atoms with Crippen LogP contribution in [0.5, 0.6) is 5.75 Å². The lowest BCUT2D eigenvalue weighted by molar-refractivity contribution is -0.136. The predicted molar refractivity (Wildman–Crippen MR) is 152 cm³/mol. The average molecular weight is 588 g/mol. The van der Waals surface area contributed by atoms with Crippen molar-refractivity contribution in [2.24, 2.45) is 0 Å². The van der Waals surface area contributed by atoms with Crippen molar-refractivity contribution in [1.82, 2.24) is 24.8 Å². The van der Waals surface area contributed by atoms with E-state index in [1.54, 1.807) is 12.1 Å². The standard InChI is InChI=1S/C29H36F3N7O3/c1-16(2)34-26-23-21(29(30,31)32)14-33-25(23)36-28(37-26)35-22-5-4-20(19-8-12-42-24(19)22)27(40)38-9-6-18(7-10-38)39-11-13-41-17(3)15-39/h4-5,14,16-18H,6-13,15H2,1-3H3,(H3,33,34,35,36,37). The fraction of sp³-hybridized carbons (Fsp3) is 0.552. The summed E-state index contributed by atoms with van der Waals surface area (Å²) in [6.07, 6.45) is -0.980. The van der Waals surface area contributed by atoms with E-state index in [0.29, 0.717) is 49.2 Å². The van der Waals surface area contributed by atoms with E-state index >= 15 is 0 Å². The maximum Gasteiger partial charge on any atom is 0.418 e. The van der Waals surface area contributed by atoms with Gasteiger partial charge in [0.2, 0.25) is 5.95 Å². The number of fused-ring (bicyclic) bond motifs is 2. The zero-order valence-corrected chi connectivity index (χ0v) is 24.0. The molecule has 2 fully saturated rings. The largest absolute Gasteiger partial charge is 0.491 e. The van der Waals surface area contributed by atoms with Crippen molar-refractivity contribution in [2.45, 2.75) is 64.4 Å². The Balaban J connectivity index is 1.22. The Hall–Kier alpha value is -3.58. The first-order chi connectivity index (χ1) is 20.1. The molecule has 5 heterocycles. The van der Waals surface area contributed by atoms with Gasteiger partial charge in [-0.1, -0.05) is 0 Å². The van der Waals surface area contributed by atoms with Gasteiger partial charge in [0.1, 0.15) is 17.2 Å². The van der Waals surface area contributed by atoms with Gasteiger partial charge >= 0.3 is 6.18 Å². The summed E-state index contributed by atoms with van der Waals surface area (Å²) in [6.45, 7) is 10.2. The first-order valence-electron chi connectivity index (χ1n) is 14.5. The number of ether oxygens (including phenoxy) is 2. The molecule has 0 bridgehead atoms. The number of aromatic amines is 1. The number of hydrogen-bond acceptors (Lipinski definition) is 8. The molecule has 0 saturated carbocycles. The number of carbonyl (C=O) groups excluding carboxylic acids is 1. The minimum absolute atomic E-state index is 0.00995. The second-order valence-corrected chi connectivity index (χ2v) is 11.5. The van der Waals surface area contributed by atoms with Crippen molar-refractivity contribution >= 4 is 34.4 Å². The van der Waals surface area contributed by atoms with Gasteiger partial charge in [-0.2, -0.15) is 23.1 Å². The van der Waals surface area contributed by atoms with Crippen LogP contribution in [0.1, 0.15) is 55.1 Å². The maximum atomic E-state index is 13.6. The van der Waals surface area contributed by atoms with E-state index in [2.05, 4.69) is 37.4 Å². The van der Waals surface area contributed by atoms with Crippen LogP contribution in [0, 0.1) is 0 Å². The number of benzene rings is 1. The van der Waals surface area contributed by atoms with Gasteiger partial charge in [0.05, 0.1) is 36.0 Å². The van der Waals surface area contributed by atoms with Gasteiger partial charge in [-0.15, -0.1) is 0 Å².